The van der Waals surface area contributed by atoms with Crippen LogP contribution in [-0.2, 0) is 4.74 Å². The van der Waals surface area contributed by atoms with Gasteiger partial charge in [0.05, 0.1) is 44.2 Å². The lowest BCUT2D eigenvalue weighted by Gasteiger charge is -2.29. The molecule has 1 N–H and O–H groups in total. The van der Waals surface area contributed by atoms with Crippen LogP contribution in [0.5, 0.6) is 11.5 Å². The lowest BCUT2D eigenvalue weighted by atomic mass is 10.2. The number of methoxy groups -OCH3 is 2. The first kappa shape index (κ1) is 18.9. The Balaban J connectivity index is 1.72. The molecule has 0 saturated carbocycles. The molecule has 8 heteroatoms. The molecule has 1 aliphatic rings. The van der Waals surface area contributed by atoms with E-state index in [1.54, 1.807) is 32.4 Å². The van der Waals surface area contributed by atoms with Gasteiger partial charge in [-0.2, -0.15) is 0 Å². The molecule has 8 nitrogen and oxygen atoms in total. The molecule has 1 amide bonds. The van der Waals surface area contributed by atoms with E-state index in [1.165, 1.54) is 0 Å². The van der Waals surface area contributed by atoms with Crippen LogP contribution in [0.2, 0.25) is 0 Å². The fourth-order valence-corrected chi connectivity index (χ4v) is 3.22. The summed E-state index contributed by atoms with van der Waals surface area (Å²) in [5.41, 5.74) is 2.20. The van der Waals surface area contributed by atoms with Crippen LogP contribution in [0.15, 0.2) is 42.5 Å². The average Bonchev–Trinajstić information content (AvgIpc) is 2.79. The molecule has 1 fully saturated rings. The van der Waals surface area contributed by atoms with Gasteiger partial charge in [-0.3, -0.25) is 4.79 Å². The van der Waals surface area contributed by atoms with Crippen molar-refractivity contribution >= 4 is 28.4 Å². The molecule has 3 aromatic rings. The van der Waals surface area contributed by atoms with Crippen LogP contribution < -0.4 is 19.7 Å². The summed E-state index contributed by atoms with van der Waals surface area (Å²) in [7, 11) is 3.12. The van der Waals surface area contributed by atoms with Crippen LogP contribution in [-0.4, -0.2) is 56.4 Å². The molecule has 0 radical (unpaired) electrons. The molecule has 2 heterocycles. The molecule has 29 heavy (non-hydrogen) atoms. The van der Waals surface area contributed by atoms with Crippen LogP contribution in [0.4, 0.5) is 11.5 Å². The van der Waals surface area contributed by atoms with E-state index < -0.39 is 0 Å². The Labute approximate surface area is 168 Å². The predicted molar refractivity (Wildman–Crippen MR) is 110 cm³/mol. The summed E-state index contributed by atoms with van der Waals surface area (Å²) < 4.78 is 16.0. The number of hydrogen-bond acceptors (Lipinski definition) is 7. The number of hydrogen-bond donors (Lipinski definition) is 1. The third-order valence-electron chi connectivity index (χ3n) is 4.73. The van der Waals surface area contributed by atoms with Crippen molar-refractivity contribution in [1.82, 2.24) is 9.97 Å². The maximum atomic E-state index is 13.2. The standard InChI is InChI=1S/C21H22N4O4/c1-27-14-7-8-17(18(13-14)28-2)24-21(26)19-20(25-9-11-29-12-10-25)23-16-6-4-3-5-15(16)22-19/h3-8,13H,9-12H2,1-2H3,(H,24,26). The van der Waals surface area contributed by atoms with E-state index in [2.05, 4.69) is 10.3 Å². The van der Waals surface area contributed by atoms with E-state index in [1.807, 2.05) is 29.2 Å². The number of morpholine rings is 1. The van der Waals surface area contributed by atoms with Crippen LogP contribution in [0.1, 0.15) is 10.5 Å². The highest BCUT2D eigenvalue weighted by Gasteiger charge is 2.23. The maximum absolute atomic E-state index is 13.2. The topological polar surface area (TPSA) is 85.8 Å². The molecule has 0 aliphatic carbocycles. The quantitative estimate of drug-likeness (QED) is 0.712. The fourth-order valence-electron chi connectivity index (χ4n) is 3.22. The third kappa shape index (κ3) is 3.93. The number of anilines is 2. The molecule has 4 rings (SSSR count). The summed E-state index contributed by atoms with van der Waals surface area (Å²) in [5.74, 6) is 1.34. The van der Waals surface area contributed by atoms with Crippen LogP contribution >= 0.6 is 0 Å². The number of aromatic nitrogens is 2. The van der Waals surface area contributed by atoms with Gasteiger partial charge in [-0.25, -0.2) is 9.97 Å². The molecule has 1 aliphatic heterocycles. The molecule has 0 atom stereocenters. The summed E-state index contributed by atoms with van der Waals surface area (Å²) in [6.45, 7) is 2.47. The molecular formula is C21H22N4O4. The second-order valence-electron chi connectivity index (χ2n) is 6.50. The third-order valence-corrected chi connectivity index (χ3v) is 4.73. The first-order valence-corrected chi connectivity index (χ1v) is 9.32. The Hall–Kier alpha value is -3.39. The van der Waals surface area contributed by atoms with Crippen molar-refractivity contribution in [2.75, 3.05) is 50.7 Å². The minimum atomic E-state index is -0.354. The first-order valence-electron chi connectivity index (χ1n) is 9.32. The zero-order chi connectivity index (χ0) is 20.2. The van der Waals surface area contributed by atoms with Crippen molar-refractivity contribution in [3.05, 3.63) is 48.2 Å². The molecule has 2 aromatic carbocycles. The monoisotopic (exact) mass is 394 g/mol. The van der Waals surface area contributed by atoms with Gasteiger partial charge < -0.3 is 24.4 Å². The van der Waals surface area contributed by atoms with E-state index in [-0.39, 0.29) is 11.6 Å². The van der Waals surface area contributed by atoms with Crippen molar-refractivity contribution in [3.63, 3.8) is 0 Å². The number of rotatable bonds is 5. The number of amides is 1. The Bertz CT molecular complexity index is 1030. The molecular weight excluding hydrogens is 372 g/mol. The number of carbonyl (C=O) groups excluding carboxylic acids is 1. The smallest absolute Gasteiger partial charge is 0.278 e. The lowest BCUT2D eigenvalue weighted by molar-refractivity contribution is 0.101. The molecule has 150 valence electrons. The SMILES string of the molecule is COc1ccc(NC(=O)c2nc3ccccc3nc2N2CCOCC2)c(OC)c1. The number of nitrogens with zero attached hydrogens (tertiary/aromatic N) is 3. The van der Waals surface area contributed by atoms with Crippen molar-refractivity contribution in [2.24, 2.45) is 0 Å². The summed E-state index contributed by atoms with van der Waals surface area (Å²) in [5, 5.41) is 2.89. The summed E-state index contributed by atoms with van der Waals surface area (Å²) in [6.07, 6.45) is 0. The van der Waals surface area contributed by atoms with Crippen molar-refractivity contribution < 1.29 is 19.0 Å². The summed E-state index contributed by atoms with van der Waals surface area (Å²) in [4.78, 5) is 24.6. The maximum Gasteiger partial charge on any atom is 0.278 e. The van der Waals surface area contributed by atoms with Gasteiger partial charge in [-0.05, 0) is 24.3 Å². The van der Waals surface area contributed by atoms with E-state index in [4.69, 9.17) is 19.2 Å². The average molecular weight is 394 g/mol. The van der Waals surface area contributed by atoms with Gasteiger partial charge in [-0.15, -0.1) is 0 Å². The van der Waals surface area contributed by atoms with Gasteiger partial charge in [-0.1, -0.05) is 12.1 Å². The molecule has 1 saturated heterocycles. The van der Waals surface area contributed by atoms with Gasteiger partial charge in [0.15, 0.2) is 11.5 Å². The second kappa shape index (κ2) is 8.32. The Morgan fingerprint density at radius 3 is 2.45 bits per heavy atom. The fraction of sp³-hybridized carbons (Fsp3) is 0.286. The number of para-hydroxylation sites is 2. The second-order valence-corrected chi connectivity index (χ2v) is 6.50. The summed E-state index contributed by atoms with van der Waals surface area (Å²) in [6, 6.07) is 12.7. The normalized spacial score (nSPS) is 13.9. The minimum absolute atomic E-state index is 0.267. The number of nitrogens with one attached hydrogen (secondary N) is 1. The van der Waals surface area contributed by atoms with E-state index in [9.17, 15) is 4.79 Å². The van der Waals surface area contributed by atoms with Crippen molar-refractivity contribution in [1.29, 1.82) is 0 Å². The number of benzene rings is 2. The highest BCUT2D eigenvalue weighted by atomic mass is 16.5. The lowest BCUT2D eigenvalue weighted by Crippen LogP contribution is -2.38. The minimum Gasteiger partial charge on any atom is -0.497 e. The zero-order valence-electron chi connectivity index (χ0n) is 16.3. The van der Waals surface area contributed by atoms with Crippen molar-refractivity contribution in [3.8, 4) is 11.5 Å². The Kier molecular flexibility index (Phi) is 5.44. The predicted octanol–water partition coefficient (Wildman–Crippen LogP) is 2.74. The van der Waals surface area contributed by atoms with E-state index in [0.29, 0.717) is 54.8 Å². The van der Waals surface area contributed by atoms with E-state index in [0.717, 1.165) is 5.52 Å². The van der Waals surface area contributed by atoms with Gasteiger partial charge >= 0.3 is 0 Å². The summed E-state index contributed by atoms with van der Waals surface area (Å²) >= 11 is 0. The zero-order valence-corrected chi connectivity index (χ0v) is 16.3. The Morgan fingerprint density at radius 1 is 1.03 bits per heavy atom. The van der Waals surface area contributed by atoms with Gasteiger partial charge in [0, 0.05) is 19.2 Å². The number of carbonyl (C=O) groups is 1. The van der Waals surface area contributed by atoms with Crippen molar-refractivity contribution in [2.45, 2.75) is 0 Å². The van der Waals surface area contributed by atoms with Crippen LogP contribution in [0, 0.1) is 0 Å². The largest absolute Gasteiger partial charge is 0.497 e. The van der Waals surface area contributed by atoms with Crippen LogP contribution in [0.3, 0.4) is 0 Å². The molecule has 0 unspecified atom stereocenters. The van der Waals surface area contributed by atoms with Gasteiger partial charge in [0.2, 0.25) is 0 Å². The molecule has 0 bridgehead atoms. The Morgan fingerprint density at radius 2 is 1.76 bits per heavy atom. The highest BCUT2D eigenvalue weighted by Crippen LogP contribution is 2.30. The number of ether oxygens (including phenoxy) is 3. The van der Waals surface area contributed by atoms with E-state index >= 15 is 0 Å². The van der Waals surface area contributed by atoms with Crippen LogP contribution in [0.25, 0.3) is 11.0 Å². The highest BCUT2D eigenvalue weighted by molar-refractivity contribution is 6.08. The first-order chi connectivity index (χ1) is 14.2. The van der Waals surface area contributed by atoms with Gasteiger partial charge in [0.25, 0.3) is 5.91 Å². The molecule has 0 spiro atoms. The van der Waals surface area contributed by atoms with Gasteiger partial charge in [0.1, 0.15) is 11.5 Å². The number of fused-ring (bicyclic) bond motifs is 1. The molecule has 1 aromatic heterocycles.